The van der Waals surface area contributed by atoms with Gasteiger partial charge in [0, 0.05) is 0 Å². The minimum absolute atomic E-state index is 0.0857. The van der Waals surface area contributed by atoms with E-state index in [2.05, 4.69) is 20.2 Å². The van der Waals surface area contributed by atoms with Gasteiger partial charge in [0.1, 0.15) is 23.0 Å². The molecule has 0 bridgehead atoms. The van der Waals surface area contributed by atoms with E-state index < -0.39 is 18.4 Å². The number of hydrogen-bond donors (Lipinski definition) is 1. The molecule has 0 saturated carbocycles. The normalized spacial score (nSPS) is 15.7. The molecule has 2 aromatic rings. The number of Topliss-reactive ketones (excluding diaryl/α,β-unsaturated/α-hetero) is 1. The van der Waals surface area contributed by atoms with Crippen molar-refractivity contribution >= 4 is 17.6 Å². The van der Waals surface area contributed by atoms with E-state index in [-0.39, 0.29) is 36.1 Å². The number of carbonyl (C=O) groups excluding carboxylic acids is 2. The third-order valence-corrected chi connectivity index (χ3v) is 3.83. The molecule has 1 aromatic carbocycles. The zero-order valence-corrected chi connectivity index (χ0v) is 15.6. The molecule has 30 heavy (non-hydrogen) atoms. The molecule has 1 N–H and O–H groups in total. The van der Waals surface area contributed by atoms with Crippen LogP contribution in [0.4, 0.5) is 13.2 Å². The van der Waals surface area contributed by atoms with Crippen molar-refractivity contribution in [1.29, 1.82) is 0 Å². The predicted molar refractivity (Wildman–Crippen MR) is 96.9 cm³/mol. The average Bonchev–Trinajstić information content (AvgIpc) is 3.14. The van der Waals surface area contributed by atoms with Gasteiger partial charge in [-0.1, -0.05) is 17.3 Å². The predicted octanol–water partition coefficient (Wildman–Crippen LogP) is 3.15. The van der Waals surface area contributed by atoms with Crippen molar-refractivity contribution in [2.45, 2.75) is 25.8 Å². The van der Waals surface area contributed by atoms with Crippen LogP contribution in [0.1, 0.15) is 35.5 Å². The maximum absolute atomic E-state index is 12.2. The SMILES string of the molecule is CC(=O)CNC(=O)c1ccc(OC2=NO[C@@H](c3ccc(OC(F)(F)F)cc3)C2)cn1. The Balaban J connectivity index is 1.53. The lowest BCUT2D eigenvalue weighted by atomic mass is 10.1. The van der Waals surface area contributed by atoms with E-state index in [1.54, 1.807) is 0 Å². The number of nitrogens with one attached hydrogen (secondary N) is 1. The summed E-state index contributed by atoms with van der Waals surface area (Å²) in [4.78, 5) is 31.9. The Morgan fingerprint density at radius 3 is 2.47 bits per heavy atom. The number of benzene rings is 1. The van der Waals surface area contributed by atoms with Crippen LogP contribution in [-0.4, -0.2) is 35.5 Å². The first-order valence-corrected chi connectivity index (χ1v) is 8.69. The van der Waals surface area contributed by atoms with E-state index in [0.29, 0.717) is 11.3 Å². The molecule has 0 aliphatic carbocycles. The Morgan fingerprint density at radius 1 is 1.17 bits per heavy atom. The Morgan fingerprint density at radius 2 is 1.87 bits per heavy atom. The van der Waals surface area contributed by atoms with Crippen LogP contribution in [0.5, 0.6) is 11.5 Å². The fourth-order valence-electron chi connectivity index (χ4n) is 2.49. The van der Waals surface area contributed by atoms with Crippen molar-refractivity contribution in [2.75, 3.05) is 6.54 Å². The molecule has 11 heteroatoms. The molecule has 0 saturated heterocycles. The topological polar surface area (TPSA) is 99.1 Å². The number of oxime groups is 1. The number of amides is 1. The van der Waals surface area contributed by atoms with Gasteiger partial charge in [-0.25, -0.2) is 4.98 Å². The van der Waals surface area contributed by atoms with Gasteiger partial charge in [-0.05, 0) is 36.8 Å². The minimum atomic E-state index is -4.76. The van der Waals surface area contributed by atoms with Gasteiger partial charge in [-0.15, -0.1) is 13.2 Å². The van der Waals surface area contributed by atoms with Gasteiger partial charge < -0.3 is 19.6 Å². The first-order valence-electron chi connectivity index (χ1n) is 8.69. The van der Waals surface area contributed by atoms with Crippen molar-refractivity contribution in [2.24, 2.45) is 5.16 Å². The summed E-state index contributed by atoms with van der Waals surface area (Å²) < 4.78 is 46.0. The summed E-state index contributed by atoms with van der Waals surface area (Å²) in [5, 5.41) is 6.24. The molecule has 2 heterocycles. The molecule has 3 rings (SSSR count). The summed E-state index contributed by atoms with van der Waals surface area (Å²) in [7, 11) is 0. The van der Waals surface area contributed by atoms with E-state index in [9.17, 15) is 22.8 Å². The van der Waals surface area contributed by atoms with Crippen molar-refractivity contribution in [3.05, 3.63) is 53.9 Å². The highest BCUT2D eigenvalue weighted by atomic mass is 19.4. The highest BCUT2D eigenvalue weighted by Gasteiger charge is 2.31. The molecule has 0 radical (unpaired) electrons. The molecule has 1 aliphatic heterocycles. The second-order valence-electron chi connectivity index (χ2n) is 6.27. The monoisotopic (exact) mass is 423 g/mol. The summed E-state index contributed by atoms with van der Waals surface area (Å²) in [5.41, 5.74) is 0.717. The van der Waals surface area contributed by atoms with Crippen LogP contribution in [0, 0.1) is 0 Å². The Hall–Kier alpha value is -3.63. The van der Waals surface area contributed by atoms with Crippen molar-refractivity contribution in [3.8, 4) is 11.5 Å². The van der Waals surface area contributed by atoms with E-state index in [1.165, 1.54) is 49.5 Å². The standard InChI is InChI=1S/C19H16F3N3O5/c1-11(26)9-24-18(27)15-7-6-14(10-23-15)28-17-8-16(30-25-17)12-2-4-13(5-3-12)29-19(20,21)22/h2-7,10,16H,8-9H2,1H3,(H,24,27)/t16-/m1/s1. The maximum atomic E-state index is 12.2. The van der Waals surface area contributed by atoms with Gasteiger partial charge in [-0.3, -0.25) is 9.59 Å². The first kappa shape index (κ1) is 21.1. The lowest BCUT2D eigenvalue weighted by Gasteiger charge is -2.11. The number of halogens is 3. The molecule has 0 fully saturated rings. The van der Waals surface area contributed by atoms with Gasteiger partial charge in [0.2, 0.25) is 5.90 Å². The highest BCUT2D eigenvalue weighted by Crippen LogP contribution is 2.30. The van der Waals surface area contributed by atoms with E-state index in [1.807, 2.05) is 0 Å². The summed E-state index contributed by atoms with van der Waals surface area (Å²) in [5.74, 6) is -0.447. The summed E-state index contributed by atoms with van der Waals surface area (Å²) >= 11 is 0. The number of aromatic nitrogens is 1. The van der Waals surface area contributed by atoms with Crippen molar-refractivity contribution in [3.63, 3.8) is 0 Å². The number of ketones is 1. The van der Waals surface area contributed by atoms with Crippen LogP contribution in [0.25, 0.3) is 0 Å². The average molecular weight is 423 g/mol. The van der Waals surface area contributed by atoms with Gasteiger partial charge in [0.05, 0.1) is 19.2 Å². The molecule has 0 spiro atoms. The van der Waals surface area contributed by atoms with Gasteiger partial charge in [0.15, 0.2) is 6.10 Å². The molecular formula is C19H16F3N3O5. The molecule has 0 unspecified atom stereocenters. The first-order chi connectivity index (χ1) is 14.2. The minimum Gasteiger partial charge on any atom is -0.438 e. The second kappa shape index (κ2) is 8.80. The number of rotatable bonds is 6. The van der Waals surface area contributed by atoms with Crippen LogP contribution >= 0.6 is 0 Å². The quantitative estimate of drug-likeness (QED) is 0.767. The van der Waals surface area contributed by atoms with E-state index in [4.69, 9.17) is 9.57 Å². The van der Waals surface area contributed by atoms with Crippen LogP contribution < -0.4 is 14.8 Å². The third-order valence-electron chi connectivity index (χ3n) is 3.83. The fraction of sp³-hybridized carbons (Fsp3) is 0.263. The van der Waals surface area contributed by atoms with Crippen LogP contribution in [0.15, 0.2) is 47.8 Å². The second-order valence-corrected chi connectivity index (χ2v) is 6.27. The number of ether oxygens (including phenoxy) is 2. The van der Waals surface area contributed by atoms with Crippen LogP contribution in [-0.2, 0) is 9.63 Å². The number of hydrogen-bond acceptors (Lipinski definition) is 7. The smallest absolute Gasteiger partial charge is 0.438 e. The molecule has 1 atom stereocenters. The zero-order chi connectivity index (χ0) is 21.7. The molecule has 1 amide bonds. The Kier molecular flexibility index (Phi) is 6.19. The van der Waals surface area contributed by atoms with Gasteiger partial charge in [0.25, 0.3) is 5.91 Å². The van der Waals surface area contributed by atoms with Gasteiger partial charge in [-0.2, -0.15) is 0 Å². The third kappa shape index (κ3) is 5.93. The van der Waals surface area contributed by atoms with Crippen molar-refractivity contribution < 1.29 is 37.1 Å². The fourth-order valence-corrected chi connectivity index (χ4v) is 2.49. The number of nitrogens with zero attached hydrogens (tertiary/aromatic N) is 2. The van der Waals surface area contributed by atoms with Crippen molar-refractivity contribution in [1.82, 2.24) is 10.3 Å². The molecule has 158 valence electrons. The Labute approximate surface area is 168 Å². The lowest BCUT2D eigenvalue weighted by molar-refractivity contribution is -0.274. The van der Waals surface area contributed by atoms with E-state index in [0.717, 1.165) is 0 Å². The zero-order valence-electron chi connectivity index (χ0n) is 15.6. The summed E-state index contributed by atoms with van der Waals surface area (Å²) in [6, 6.07) is 8.20. The molecule has 1 aliphatic rings. The molecule has 8 nitrogen and oxygen atoms in total. The number of alkyl halides is 3. The van der Waals surface area contributed by atoms with Crippen LogP contribution in [0.2, 0.25) is 0 Å². The lowest BCUT2D eigenvalue weighted by Crippen LogP contribution is -2.28. The molecule has 1 aromatic heterocycles. The summed E-state index contributed by atoms with van der Waals surface area (Å²) in [6.07, 6.45) is -3.71. The summed E-state index contributed by atoms with van der Waals surface area (Å²) in [6.45, 7) is 1.27. The maximum Gasteiger partial charge on any atom is 0.573 e. The Bertz CT molecular complexity index is 943. The van der Waals surface area contributed by atoms with E-state index >= 15 is 0 Å². The molecular weight excluding hydrogens is 407 g/mol. The van der Waals surface area contributed by atoms with Gasteiger partial charge >= 0.3 is 6.36 Å². The van der Waals surface area contributed by atoms with Crippen LogP contribution in [0.3, 0.4) is 0 Å². The number of pyridine rings is 1. The largest absolute Gasteiger partial charge is 0.573 e. The number of carbonyl (C=O) groups is 2. The highest BCUT2D eigenvalue weighted by molar-refractivity contribution is 5.94.